The predicted molar refractivity (Wildman–Crippen MR) is 84.9 cm³/mol. The third kappa shape index (κ3) is 4.01. The van der Waals surface area contributed by atoms with E-state index >= 15 is 0 Å². The van der Waals surface area contributed by atoms with Gasteiger partial charge in [0.1, 0.15) is 5.75 Å². The Morgan fingerprint density at radius 3 is 2.85 bits per heavy atom. The first kappa shape index (κ1) is 15.4. The van der Waals surface area contributed by atoms with Crippen molar-refractivity contribution < 1.29 is 4.74 Å². The highest BCUT2D eigenvalue weighted by atomic mass is 35.5. The Bertz CT molecular complexity index is 428. The van der Waals surface area contributed by atoms with Gasteiger partial charge in [-0.2, -0.15) is 0 Å². The van der Waals surface area contributed by atoms with Crippen molar-refractivity contribution in [2.24, 2.45) is 5.73 Å². The number of methoxy groups -OCH3 is 1. The second kappa shape index (κ2) is 7.72. The molecule has 0 aliphatic carbocycles. The van der Waals surface area contributed by atoms with Gasteiger partial charge < -0.3 is 20.3 Å². The molecule has 5 heteroatoms. The lowest BCUT2D eigenvalue weighted by Gasteiger charge is -2.25. The van der Waals surface area contributed by atoms with E-state index in [2.05, 4.69) is 9.80 Å². The van der Waals surface area contributed by atoms with Crippen LogP contribution in [0.4, 0.5) is 5.69 Å². The van der Waals surface area contributed by atoms with E-state index in [1.807, 2.05) is 18.2 Å². The Kier molecular flexibility index (Phi) is 5.95. The zero-order valence-corrected chi connectivity index (χ0v) is 12.9. The first-order valence-electron chi connectivity index (χ1n) is 7.25. The van der Waals surface area contributed by atoms with Crippen LogP contribution in [0, 0.1) is 0 Å². The molecular formula is C15H24ClN3O. The highest BCUT2D eigenvalue weighted by Crippen LogP contribution is 2.31. The van der Waals surface area contributed by atoms with E-state index in [0.717, 1.165) is 68.6 Å². The normalized spacial score (nSPS) is 17.1. The molecule has 4 nitrogen and oxygen atoms in total. The highest BCUT2D eigenvalue weighted by Gasteiger charge is 2.17. The van der Waals surface area contributed by atoms with Crippen LogP contribution in [-0.2, 0) is 0 Å². The van der Waals surface area contributed by atoms with E-state index < -0.39 is 0 Å². The van der Waals surface area contributed by atoms with Crippen molar-refractivity contribution in [2.75, 3.05) is 51.3 Å². The van der Waals surface area contributed by atoms with Gasteiger partial charge in [-0.3, -0.25) is 0 Å². The number of ether oxygens (including phenoxy) is 1. The third-order valence-corrected chi connectivity index (χ3v) is 3.98. The summed E-state index contributed by atoms with van der Waals surface area (Å²) in [5, 5.41) is 0.755. The summed E-state index contributed by atoms with van der Waals surface area (Å²) in [7, 11) is 1.71. The third-order valence-electron chi connectivity index (χ3n) is 3.75. The summed E-state index contributed by atoms with van der Waals surface area (Å²) in [6.07, 6.45) is 2.22. The molecule has 2 N–H and O–H groups in total. The van der Waals surface area contributed by atoms with E-state index in [0.29, 0.717) is 0 Å². The van der Waals surface area contributed by atoms with Gasteiger partial charge in [0.2, 0.25) is 0 Å². The smallest absolute Gasteiger partial charge is 0.142 e. The molecule has 1 aliphatic heterocycles. The minimum atomic E-state index is 0.755. The van der Waals surface area contributed by atoms with Gasteiger partial charge in [0.05, 0.1) is 12.8 Å². The summed E-state index contributed by atoms with van der Waals surface area (Å²) in [6, 6.07) is 5.81. The van der Waals surface area contributed by atoms with Crippen LogP contribution >= 0.6 is 11.6 Å². The van der Waals surface area contributed by atoms with Crippen LogP contribution < -0.4 is 15.4 Å². The van der Waals surface area contributed by atoms with Crippen molar-refractivity contribution in [1.82, 2.24) is 4.90 Å². The van der Waals surface area contributed by atoms with Crippen molar-refractivity contribution in [3.8, 4) is 5.75 Å². The number of benzene rings is 1. The molecule has 0 aromatic heterocycles. The van der Waals surface area contributed by atoms with Crippen molar-refractivity contribution in [1.29, 1.82) is 0 Å². The summed E-state index contributed by atoms with van der Waals surface area (Å²) in [4.78, 5) is 4.86. The van der Waals surface area contributed by atoms with Gasteiger partial charge in [0, 0.05) is 24.7 Å². The quantitative estimate of drug-likeness (QED) is 0.905. The molecule has 1 saturated heterocycles. The Balaban J connectivity index is 2.04. The fourth-order valence-corrected chi connectivity index (χ4v) is 2.83. The summed E-state index contributed by atoms with van der Waals surface area (Å²) in [5.74, 6) is 0.893. The molecule has 0 spiro atoms. The van der Waals surface area contributed by atoms with Gasteiger partial charge in [0.15, 0.2) is 0 Å². The molecule has 112 valence electrons. The van der Waals surface area contributed by atoms with E-state index in [1.54, 1.807) is 7.11 Å². The molecule has 1 fully saturated rings. The summed E-state index contributed by atoms with van der Waals surface area (Å²) >= 11 is 6.12. The van der Waals surface area contributed by atoms with E-state index in [4.69, 9.17) is 22.1 Å². The molecule has 2 rings (SSSR count). The van der Waals surface area contributed by atoms with Gasteiger partial charge in [-0.25, -0.2) is 0 Å². The van der Waals surface area contributed by atoms with Crippen LogP contribution in [0.2, 0.25) is 5.02 Å². The van der Waals surface area contributed by atoms with Crippen LogP contribution in [0.1, 0.15) is 12.8 Å². The maximum Gasteiger partial charge on any atom is 0.142 e. The van der Waals surface area contributed by atoms with E-state index in [9.17, 15) is 0 Å². The van der Waals surface area contributed by atoms with Crippen LogP contribution in [0.5, 0.6) is 5.75 Å². The monoisotopic (exact) mass is 297 g/mol. The molecule has 0 radical (unpaired) electrons. The minimum absolute atomic E-state index is 0.755. The van der Waals surface area contributed by atoms with Gasteiger partial charge in [-0.05, 0) is 50.7 Å². The second-order valence-corrected chi connectivity index (χ2v) is 5.58. The van der Waals surface area contributed by atoms with Crippen LogP contribution in [0.15, 0.2) is 18.2 Å². The zero-order chi connectivity index (χ0) is 14.4. The SMILES string of the molecule is COc1ccc(Cl)cc1N1CCCN(CCCN)CC1. The summed E-state index contributed by atoms with van der Waals surface area (Å²) in [5.41, 5.74) is 6.69. The van der Waals surface area contributed by atoms with Gasteiger partial charge >= 0.3 is 0 Å². The Morgan fingerprint density at radius 1 is 1.25 bits per heavy atom. The molecular weight excluding hydrogens is 274 g/mol. The fraction of sp³-hybridized carbons (Fsp3) is 0.600. The summed E-state index contributed by atoms with van der Waals surface area (Å²) in [6.45, 7) is 6.10. The maximum atomic E-state index is 6.12. The second-order valence-electron chi connectivity index (χ2n) is 5.14. The van der Waals surface area contributed by atoms with Crippen molar-refractivity contribution >= 4 is 17.3 Å². The first-order valence-corrected chi connectivity index (χ1v) is 7.63. The zero-order valence-electron chi connectivity index (χ0n) is 12.1. The number of anilines is 1. The largest absolute Gasteiger partial charge is 0.495 e. The predicted octanol–water partition coefficient (Wildman–Crippen LogP) is 2.21. The number of rotatable bonds is 5. The molecule has 0 saturated carbocycles. The lowest BCUT2D eigenvalue weighted by atomic mass is 10.2. The van der Waals surface area contributed by atoms with Gasteiger partial charge in [-0.1, -0.05) is 11.6 Å². The number of halogens is 1. The minimum Gasteiger partial charge on any atom is -0.495 e. The molecule has 0 unspecified atom stereocenters. The van der Waals surface area contributed by atoms with E-state index in [1.165, 1.54) is 0 Å². The Hall–Kier alpha value is -0.970. The molecule has 20 heavy (non-hydrogen) atoms. The number of hydrogen-bond donors (Lipinski definition) is 1. The lowest BCUT2D eigenvalue weighted by molar-refractivity contribution is 0.291. The summed E-state index contributed by atoms with van der Waals surface area (Å²) < 4.78 is 5.46. The van der Waals surface area contributed by atoms with Crippen LogP contribution in [0.25, 0.3) is 0 Å². The van der Waals surface area contributed by atoms with Crippen LogP contribution in [-0.4, -0.2) is 51.3 Å². The van der Waals surface area contributed by atoms with Crippen LogP contribution in [0.3, 0.4) is 0 Å². The van der Waals surface area contributed by atoms with Crippen molar-refractivity contribution in [3.63, 3.8) is 0 Å². The highest BCUT2D eigenvalue weighted by molar-refractivity contribution is 6.30. The Morgan fingerprint density at radius 2 is 2.10 bits per heavy atom. The maximum absolute atomic E-state index is 6.12. The first-order chi connectivity index (χ1) is 9.74. The molecule has 0 amide bonds. The Labute approximate surface area is 126 Å². The van der Waals surface area contributed by atoms with Crippen molar-refractivity contribution in [3.05, 3.63) is 23.2 Å². The number of nitrogens with two attached hydrogens (primary N) is 1. The average molecular weight is 298 g/mol. The molecule has 1 aromatic carbocycles. The average Bonchev–Trinajstić information content (AvgIpc) is 2.70. The van der Waals surface area contributed by atoms with Crippen molar-refractivity contribution in [2.45, 2.75) is 12.8 Å². The van der Waals surface area contributed by atoms with Gasteiger partial charge in [-0.15, -0.1) is 0 Å². The number of nitrogens with zero attached hydrogens (tertiary/aromatic N) is 2. The molecule has 1 aromatic rings. The fourth-order valence-electron chi connectivity index (χ4n) is 2.66. The van der Waals surface area contributed by atoms with Gasteiger partial charge in [0.25, 0.3) is 0 Å². The molecule has 0 atom stereocenters. The molecule has 1 aliphatic rings. The lowest BCUT2D eigenvalue weighted by Crippen LogP contribution is -2.32. The molecule has 1 heterocycles. The topological polar surface area (TPSA) is 41.7 Å². The number of hydrogen-bond acceptors (Lipinski definition) is 4. The molecule has 0 bridgehead atoms. The van der Waals surface area contributed by atoms with E-state index in [-0.39, 0.29) is 0 Å². The standard InChI is InChI=1S/C15H24ClN3O/c1-20-15-5-4-13(16)12-14(15)19-9-3-8-18(10-11-19)7-2-6-17/h4-5,12H,2-3,6-11,17H2,1H3.